The highest BCUT2D eigenvalue weighted by Gasteiger charge is 2.44. The zero-order chi connectivity index (χ0) is 14.8. The van der Waals surface area contributed by atoms with Crippen LogP contribution in [0.25, 0.3) is 0 Å². The topological polar surface area (TPSA) is 82.5 Å². The number of hydrogen-bond acceptors (Lipinski definition) is 4. The molecule has 0 atom stereocenters. The van der Waals surface area contributed by atoms with Gasteiger partial charge < -0.3 is 15.3 Å². The molecule has 108 valence electrons. The normalized spacial score (nSPS) is 16.1. The van der Waals surface area contributed by atoms with Crippen molar-refractivity contribution in [3.8, 4) is 0 Å². The number of carboxylic acids is 1. The van der Waals surface area contributed by atoms with Crippen LogP contribution in [0.15, 0.2) is 18.3 Å². The van der Waals surface area contributed by atoms with Crippen LogP contribution in [0.5, 0.6) is 0 Å². The van der Waals surface area contributed by atoms with E-state index in [0.29, 0.717) is 24.2 Å². The van der Waals surface area contributed by atoms with Gasteiger partial charge in [-0.05, 0) is 25.0 Å². The van der Waals surface area contributed by atoms with Crippen LogP contribution >= 0.6 is 0 Å². The van der Waals surface area contributed by atoms with Crippen LogP contribution in [0, 0.1) is 5.41 Å². The molecule has 2 rings (SSSR count). The molecule has 1 saturated carbocycles. The van der Waals surface area contributed by atoms with E-state index in [1.807, 2.05) is 14.1 Å². The van der Waals surface area contributed by atoms with E-state index in [4.69, 9.17) is 0 Å². The Labute approximate surface area is 117 Å². The van der Waals surface area contributed by atoms with Gasteiger partial charge in [0.05, 0.1) is 5.41 Å². The smallest absolute Gasteiger partial charge is 0.311 e. The number of nitrogens with zero attached hydrogens (tertiary/aromatic N) is 2. The summed E-state index contributed by atoms with van der Waals surface area (Å²) in [5, 5.41) is 11.9. The maximum absolute atomic E-state index is 12.1. The SMILES string of the molecule is CN(C)c1cc(C(=O)NCC2(C(=O)O)CCC2)ccn1. The van der Waals surface area contributed by atoms with Crippen molar-refractivity contribution in [1.29, 1.82) is 0 Å². The van der Waals surface area contributed by atoms with Crippen molar-refractivity contribution in [2.24, 2.45) is 5.41 Å². The molecule has 0 aromatic carbocycles. The number of aromatic nitrogens is 1. The predicted octanol–water partition coefficient (Wildman–Crippen LogP) is 1.13. The van der Waals surface area contributed by atoms with E-state index in [9.17, 15) is 14.7 Å². The Balaban J connectivity index is 2.02. The van der Waals surface area contributed by atoms with Crippen molar-refractivity contribution in [3.63, 3.8) is 0 Å². The first-order valence-corrected chi connectivity index (χ1v) is 6.60. The predicted molar refractivity (Wildman–Crippen MR) is 74.8 cm³/mol. The summed E-state index contributed by atoms with van der Waals surface area (Å²) in [7, 11) is 3.69. The minimum Gasteiger partial charge on any atom is -0.481 e. The molecular weight excluding hydrogens is 258 g/mol. The summed E-state index contributed by atoms with van der Waals surface area (Å²) in [5.74, 6) is -0.398. The standard InChI is InChI=1S/C14H19N3O3/c1-17(2)11-8-10(4-7-15-11)12(18)16-9-14(13(19)20)5-3-6-14/h4,7-8H,3,5-6,9H2,1-2H3,(H,16,18)(H,19,20). The van der Waals surface area contributed by atoms with E-state index in [1.165, 1.54) is 0 Å². The molecule has 6 heteroatoms. The molecule has 0 saturated heterocycles. The van der Waals surface area contributed by atoms with Crippen molar-refractivity contribution >= 4 is 17.7 Å². The number of rotatable bonds is 5. The maximum atomic E-state index is 12.1. The van der Waals surface area contributed by atoms with Gasteiger partial charge >= 0.3 is 5.97 Å². The first-order valence-electron chi connectivity index (χ1n) is 6.60. The minimum atomic E-state index is -0.826. The molecule has 1 amide bonds. The van der Waals surface area contributed by atoms with Gasteiger partial charge in [-0.15, -0.1) is 0 Å². The van der Waals surface area contributed by atoms with E-state index < -0.39 is 11.4 Å². The lowest BCUT2D eigenvalue weighted by molar-refractivity contribution is -0.153. The first-order chi connectivity index (χ1) is 9.44. The molecule has 0 bridgehead atoms. The highest BCUT2D eigenvalue weighted by atomic mass is 16.4. The summed E-state index contributed by atoms with van der Waals surface area (Å²) in [5.41, 5.74) is -0.281. The van der Waals surface area contributed by atoms with Gasteiger partial charge in [-0.3, -0.25) is 9.59 Å². The molecule has 0 aliphatic heterocycles. The fraction of sp³-hybridized carbons (Fsp3) is 0.500. The second-order valence-corrected chi connectivity index (χ2v) is 5.42. The van der Waals surface area contributed by atoms with Crippen LogP contribution < -0.4 is 10.2 Å². The molecule has 1 heterocycles. The monoisotopic (exact) mass is 277 g/mol. The van der Waals surface area contributed by atoms with Gasteiger partial charge in [-0.25, -0.2) is 4.98 Å². The first kappa shape index (κ1) is 14.3. The maximum Gasteiger partial charge on any atom is 0.311 e. The number of hydrogen-bond donors (Lipinski definition) is 2. The lowest BCUT2D eigenvalue weighted by atomic mass is 9.69. The van der Waals surface area contributed by atoms with Crippen LogP contribution in [-0.4, -0.2) is 42.6 Å². The Morgan fingerprint density at radius 2 is 2.15 bits per heavy atom. The van der Waals surface area contributed by atoms with Crippen molar-refractivity contribution in [2.45, 2.75) is 19.3 Å². The number of anilines is 1. The average Bonchev–Trinajstić information content (AvgIpc) is 2.37. The van der Waals surface area contributed by atoms with Crippen LogP contribution in [0.4, 0.5) is 5.82 Å². The quantitative estimate of drug-likeness (QED) is 0.843. The van der Waals surface area contributed by atoms with Crippen LogP contribution in [0.1, 0.15) is 29.6 Å². The molecule has 20 heavy (non-hydrogen) atoms. The van der Waals surface area contributed by atoms with Gasteiger partial charge in [0, 0.05) is 32.4 Å². The molecule has 0 unspecified atom stereocenters. The molecule has 1 aliphatic carbocycles. The van der Waals surface area contributed by atoms with Crippen molar-refractivity contribution < 1.29 is 14.7 Å². The van der Waals surface area contributed by atoms with Gasteiger partial charge in [0.2, 0.25) is 0 Å². The van der Waals surface area contributed by atoms with E-state index in [1.54, 1.807) is 23.2 Å². The number of carbonyl (C=O) groups is 2. The summed E-state index contributed by atoms with van der Waals surface area (Å²) in [6.07, 6.45) is 3.73. The highest BCUT2D eigenvalue weighted by molar-refractivity contribution is 5.95. The Hall–Kier alpha value is -2.11. The second-order valence-electron chi connectivity index (χ2n) is 5.42. The van der Waals surface area contributed by atoms with Crippen LogP contribution in [-0.2, 0) is 4.79 Å². The number of carbonyl (C=O) groups excluding carboxylic acids is 1. The van der Waals surface area contributed by atoms with E-state index in [2.05, 4.69) is 10.3 Å². The molecule has 6 nitrogen and oxygen atoms in total. The number of carboxylic acid groups (broad SMARTS) is 1. The molecule has 0 spiro atoms. The Bertz CT molecular complexity index is 524. The fourth-order valence-electron chi connectivity index (χ4n) is 2.23. The molecule has 1 aromatic heterocycles. The van der Waals surface area contributed by atoms with Crippen LogP contribution in [0.2, 0.25) is 0 Å². The van der Waals surface area contributed by atoms with Crippen molar-refractivity contribution in [1.82, 2.24) is 10.3 Å². The molecular formula is C14H19N3O3. The molecule has 1 aromatic rings. The molecule has 1 aliphatic rings. The van der Waals surface area contributed by atoms with Gasteiger partial charge in [0.15, 0.2) is 0 Å². The largest absolute Gasteiger partial charge is 0.481 e. The highest BCUT2D eigenvalue weighted by Crippen LogP contribution is 2.40. The molecule has 1 fully saturated rings. The Morgan fingerprint density at radius 1 is 1.45 bits per heavy atom. The van der Waals surface area contributed by atoms with E-state index in [-0.39, 0.29) is 12.5 Å². The summed E-state index contributed by atoms with van der Waals surface area (Å²) in [6, 6.07) is 3.31. The minimum absolute atomic E-state index is 0.181. The Kier molecular flexibility index (Phi) is 3.92. The summed E-state index contributed by atoms with van der Waals surface area (Å²) in [4.78, 5) is 29.3. The van der Waals surface area contributed by atoms with Gasteiger partial charge in [-0.2, -0.15) is 0 Å². The third kappa shape index (κ3) is 2.74. The van der Waals surface area contributed by atoms with Crippen molar-refractivity contribution in [3.05, 3.63) is 23.9 Å². The second kappa shape index (κ2) is 5.48. The average molecular weight is 277 g/mol. The summed E-state index contributed by atoms with van der Waals surface area (Å²) >= 11 is 0. The zero-order valence-corrected chi connectivity index (χ0v) is 11.7. The fourth-order valence-corrected chi connectivity index (χ4v) is 2.23. The lowest BCUT2D eigenvalue weighted by Crippen LogP contribution is -2.47. The molecule has 2 N–H and O–H groups in total. The molecule has 0 radical (unpaired) electrons. The van der Waals surface area contributed by atoms with Crippen LogP contribution in [0.3, 0.4) is 0 Å². The zero-order valence-electron chi connectivity index (χ0n) is 11.7. The third-order valence-corrected chi connectivity index (χ3v) is 3.82. The van der Waals surface area contributed by atoms with Gasteiger partial charge in [0.25, 0.3) is 5.91 Å². The van der Waals surface area contributed by atoms with E-state index >= 15 is 0 Å². The third-order valence-electron chi connectivity index (χ3n) is 3.82. The van der Waals surface area contributed by atoms with Gasteiger partial charge in [-0.1, -0.05) is 6.42 Å². The number of nitrogens with one attached hydrogen (secondary N) is 1. The summed E-state index contributed by atoms with van der Waals surface area (Å²) < 4.78 is 0. The Morgan fingerprint density at radius 3 is 2.65 bits per heavy atom. The lowest BCUT2D eigenvalue weighted by Gasteiger charge is -2.37. The van der Waals surface area contributed by atoms with Crippen molar-refractivity contribution in [2.75, 3.05) is 25.5 Å². The van der Waals surface area contributed by atoms with E-state index in [0.717, 1.165) is 6.42 Å². The summed E-state index contributed by atoms with van der Waals surface area (Å²) in [6.45, 7) is 0.181. The number of amides is 1. The number of aliphatic carboxylic acids is 1. The van der Waals surface area contributed by atoms with Gasteiger partial charge in [0.1, 0.15) is 5.82 Å². The number of pyridine rings is 1.